The van der Waals surface area contributed by atoms with Gasteiger partial charge in [0.25, 0.3) is 5.91 Å². The smallest absolute Gasteiger partial charge is 0.263 e. The number of nitrogens with one attached hydrogen (secondary N) is 1. The summed E-state index contributed by atoms with van der Waals surface area (Å²) in [4.78, 5) is 16.4. The van der Waals surface area contributed by atoms with Crippen molar-refractivity contribution in [2.45, 2.75) is 25.7 Å². The van der Waals surface area contributed by atoms with E-state index in [-0.39, 0.29) is 11.3 Å². The van der Waals surface area contributed by atoms with E-state index in [9.17, 15) is 4.79 Å². The lowest BCUT2D eigenvalue weighted by atomic mass is 9.89. The first-order valence-corrected chi connectivity index (χ1v) is 7.49. The van der Waals surface area contributed by atoms with Gasteiger partial charge in [-0.2, -0.15) is 0 Å². The molecular formula is C11H15BrN2OS. The molecular weight excluding hydrogens is 288 g/mol. The van der Waals surface area contributed by atoms with Crippen LogP contribution in [0.2, 0.25) is 0 Å². The third-order valence-corrected chi connectivity index (χ3v) is 5.19. The fraction of sp³-hybridized carbons (Fsp3) is 0.636. The van der Waals surface area contributed by atoms with Crippen LogP contribution in [0, 0.1) is 5.41 Å². The molecule has 0 atom stereocenters. The van der Waals surface area contributed by atoms with E-state index in [1.807, 2.05) is 0 Å². The number of hydrogen-bond donors (Lipinski definition) is 1. The Hall–Kier alpha value is -0.420. The van der Waals surface area contributed by atoms with Crippen LogP contribution in [-0.4, -0.2) is 22.8 Å². The first-order valence-electron chi connectivity index (χ1n) is 5.48. The first kappa shape index (κ1) is 12.0. The molecule has 1 aliphatic carbocycles. The number of nitrogens with zero attached hydrogens (tertiary/aromatic N) is 1. The second-order valence-electron chi connectivity index (χ2n) is 4.39. The minimum absolute atomic E-state index is 0.00900. The van der Waals surface area contributed by atoms with Gasteiger partial charge in [-0.25, -0.2) is 0 Å². The number of carbonyl (C=O) groups excluding carboxylic acids is 1. The number of halogens is 1. The van der Waals surface area contributed by atoms with Crippen molar-refractivity contribution in [2.24, 2.45) is 5.41 Å². The van der Waals surface area contributed by atoms with Crippen LogP contribution >= 0.6 is 27.3 Å². The Morgan fingerprint density at radius 2 is 2.31 bits per heavy atom. The lowest BCUT2D eigenvalue weighted by Crippen LogP contribution is -2.36. The van der Waals surface area contributed by atoms with Crippen LogP contribution in [0.3, 0.4) is 0 Å². The summed E-state index contributed by atoms with van der Waals surface area (Å²) in [5.74, 6) is 0.00900. The summed E-state index contributed by atoms with van der Waals surface area (Å²) >= 11 is 4.96. The molecule has 0 radical (unpaired) electrons. The molecule has 0 spiro atoms. The summed E-state index contributed by atoms with van der Waals surface area (Å²) in [7, 11) is 0. The first-order chi connectivity index (χ1) is 7.76. The molecule has 0 saturated heterocycles. The summed E-state index contributed by atoms with van der Waals surface area (Å²) in [6, 6.07) is 0. The largest absolute Gasteiger partial charge is 0.351 e. The molecule has 1 saturated carbocycles. The third kappa shape index (κ3) is 2.63. The van der Waals surface area contributed by atoms with Gasteiger partial charge in [-0.05, 0) is 18.3 Å². The normalized spacial score (nSPS) is 18.6. The quantitative estimate of drug-likeness (QED) is 0.869. The molecule has 3 nitrogen and oxygen atoms in total. The Balaban J connectivity index is 1.89. The van der Waals surface area contributed by atoms with E-state index in [0.29, 0.717) is 4.88 Å². The zero-order valence-electron chi connectivity index (χ0n) is 9.04. The van der Waals surface area contributed by atoms with Crippen LogP contribution in [0.25, 0.3) is 0 Å². The number of hydrogen-bond acceptors (Lipinski definition) is 3. The van der Waals surface area contributed by atoms with Crippen molar-refractivity contribution in [2.75, 3.05) is 11.9 Å². The molecule has 1 fully saturated rings. The molecule has 88 valence electrons. The van der Waals surface area contributed by atoms with Crippen molar-refractivity contribution in [3.05, 3.63) is 16.6 Å². The maximum absolute atomic E-state index is 11.8. The fourth-order valence-corrected chi connectivity index (χ4v) is 3.46. The van der Waals surface area contributed by atoms with Gasteiger partial charge in [-0.15, -0.1) is 11.3 Å². The van der Waals surface area contributed by atoms with Crippen LogP contribution in [0.15, 0.2) is 11.7 Å². The van der Waals surface area contributed by atoms with Gasteiger partial charge in [0.2, 0.25) is 0 Å². The summed E-state index contributed by atoms with van der Waals surface area (Å²) in [6.45, 7) is 0.773. The summed E-state index contributed by atoms with van der Waals surface area (Å²) in [5.41, 5.74) is 1.96. The zero-order valence-corrected chi connectivity index (χ0v) is 11.4. The highest BCUT2D eigenvalue weighted by atomic mass is 79.9. The van der Waals surface area contributed by atoms with Crippen LogP contribution in [0.4, 0.5) is 0 Å². The summed E-state index contributed by atoms with van der Waals surface area (Å²) in [6.07, 6.45) is 6.60. The van der Waals surface area contributed by atoms with E-state index >= 15 is 0 Å². The molecule has 0 unspecified atom stereocenters. The SMILES string of the molecule is O=C(NCC1(CBr)CCCC1)c1cncs1. The van der Waals surface area contributed by atoms with E-state index in [1.54, 1.807) is 11.7 Å². The molecule has 0 aromatic carbocycles. The lowest BCUT2D eigenvalue weighted by molar-refractivity contribution is 0.0939. The van der Waals surface area contributed by atoms with Gasteiger partial charge in [0.15, 0.2) is 0 Å². The zero-order chi connectivity index (χ0) is 11.4. The molecule has 1 heterocycles. The Morgan fingerprint density at radius 3 is 2.88 bits per heavy atom. The van der Waals surface area contributed by atoms with E-state index in [1.165, 1.54) is 37.0 Å². The Kier molecular flexibility index (Phi) is 3.97. The summed E-state index contributed by atoms with van der Waals surface area (Å²) < 4.78 is 0. The van der Waals surface area contributed by atoms with E-state index < -0.39 is 0 Å². The van der Waals surface area contributed by atoms with E-state index in [2.05, 4.69) is 26.2 Å². The number of carbonyl (C=O) groups is 1. The Morgan fingerprint density at radius 1 is 1.56 bits per heavy atom. The second kappa shape index (κ2) is 5.27. The molecule has 1 aromatic heterocycles. The molecule has 0 bridgehead atoms. The minimum Gasteiger partial charge on any atom is -0.351 e. The van der Waals surface area contributed by atoms with Gasteiger partial charge in [-0.3, -0.25) is 9.78 Å². The maximum atomic E-state index is 11.8. The van der Waals surface area contributed by atoms with Crippen LogP contribution < -0.4 is 5.32 Å². The van der Waals surface area contributed by atoms with Crippen molar-refractivity contribution in [1.82, 2.24) is 10.3 Å². The molecule has 5 heteroatoms. The van der Waals surface area contributed by atoms with Crippen LogP contribution in [0.5, 0.6) is 0 Å². The minimum atomic E-state index is 0.00900. The van der Waals surface area contributed by atoms with Gasteiger partial charge >= 0.3 is 0 Å². The molecule has 1 amide bonds. The van der Waals surface area contributed by atoms with Crippen molar-refractivity contribution >= 4 is 33.2 Å². The maximum Gasteiger partial charge on any atom is 0.263 e. The predicted molar refractivity (Wildman–Crippen MR) is 69.1 cm³/mol. The highest BCUT2D eigenvalue weighted by Crippen LogP contribution is 2.38. The topological polar surface area (TPSA) is 42.0 Å². The van der Waals surface area contributed by atoms with Crippen LogP contribution in [-0.2, 0) is 0 Å². The van der Waals surface area contributed by atoms with Gasteiger partial charge in [-0.1, -0.05) is 28.8 Å². The van der Waals surface area contributed by atoms with Crippen LogP contribution in [0.1, 0.15) is 35.4 Å². The fourth-order valence-electron chi connectivity index (χ4n) is 2.17. The molecule has 16 heavy (non-hydrogen) atoms. The van der Waals surface area contributed by atoms with E-state index in [4.69, 9.17) is 0 Å². The number of rotatable bonds is 4. The van der Waals surface area contributed by atoms with Gasteiger partial charge in [0.05, 0.1) is 11.7 Å². The van der Waals surface area contributed by atoms with Gasteiger partial charge in [0.1, 0.15) is 4.88 Å². The standard InChI is InChI=1S/C11H15BrN2OS/c12-6-11(3-1-2-4-11)7-14-10(15)9-5-13-8-16-9/h5,8H,1-4,6-7H2,(H,14,15). The average molecular weight is 303 g/mol. The Labute approximate surface area is 108 Å². The number of aromatic nitrogens is 1. The Bertz CT molecular complexity index is 347. The molecule has 0 aliphatic heterocycles. The summed E-state index contributed by atoms with van der Waals surface area (Å²) in [5, 5.41) is 4.00. The van der Waals surface area contributed by atoms with Crippen molar-refractivity contribution in [3.8, 4) is 0 Å². The molecule has 2 rings (SSSR count). The molecule has 1 N–H and O–H groups in total. The number of alkyl halides is 1. The van der Waals surface area contributed by atoms with Crippen molar-refractivity contribution < 1.29 is 4.79 Å². The van der Waals surface area contributed by atoms with Gasteiger partial charge in [0, 0.05) is 11.9 Å². The lowest BCUT2D eigenvalue weighted by Gasteiger charge is -2.26. The van der Waals surface area contributed by atoms with E-state index in [0.717, 1.165) is 11.9 Å². The number of thiazole rings is 1. The van der Waals surface area contributed by atoms with Gasteiger partial charge < -0.3 is 5.32 Å². The van der Waals surface area contributed by atoms with Crippen molar-refractivity contribution in [1.29, 1.82) is 0 Å². The third-order valence-electron chi connectivity index (χ3n) is 3.23. The molecule has 1 aliphatic rings. The second-order valence-corrected chi connectivity index (χ2v) is 5.84. The molecule has 1 aromatic rings. The predicted octanol–water partition coefficient (Wildman–Crippen LogP) is 2.83. The monoisotopic (exact) mass is 302 g/mol. The highest BCUT2D eigenvalue weighted by molar-refractivity contribution is 9.09. The average Bonchev–Trinajstić information content (AvgIpc) is 2.98. The number of amides is 1. The van der Waals surface area contributed by atoms with Crippen molar-refractivity contribution in [3.63, 3.8) is 0 Å². The highest BCUT2D eigenvalue weighted by Gasteiger charge is 2.33.